The fraction of sp³-hybridized carbons (Fsp3) is 0.250. The maximum atomic E-state index is 12.9. The fourth-order valence-corrected chi connectivity index (χ4v) is 5.44. The minimum Gasteiger partial charge on any atom is -0.419 e. The van der Waals surface area contributed by atoms with Gasteiger partial charge in [0.05, 0.1) is 10.9 Å². The molecule has 0 aliphatic heterocycles. The van der Waals surface area contributed by atoms with Crippen molar-refractivity contribution in [1.82, 2.24) is 14.5 Å². The molecular weight excluding hydrogens is 382 g/mol. The molecule has 0 saturated carbocycles. The predicted octanol–water partition coefficient (Wildman–Crippen LogP) is 4.05. The lowest BCUT2D eigenvalue weighted by molar-refractivity contribution is 0.313. The van der Waals surface area contributed by atoms with E-state index in [0.717, 1.165) is 16.9 Å². The highest BCUT2D eigenvalue weighted by molar-refractivity contribution is 7.91. The van der Waals surface area contributed by atoms with E-state index >= 15 is 0 Å². The third kappa shape index (κ3) is 3.92. The summed E-state index contributed by atoms with van der Waals surface area (Å²) in [4.78, 5) is 0. The number of halogens is 1. The Hall–Kier alpha value is -1.74. The van der Waals surface area contributed by atoms with Crippen LogP contribution >= 0.6 is 22.9 Å². The number of benzene rings is 1. The molecule has 2 heterocycles. The van der Waals surface area contributed by atoms with E-state index in [1.54, 1.807) is 19.9 Å². The topological polar surface area (TPSA) is 76.3 Å². The van der Waals surface area contributed by atoms with Gasteiger partial charge in [0.2, 0.25) is 11.8 Å². The van der Waals surface area contributed by atoms with E-state index in [9.17, 15) is 8.42 Å². The molecule has 2 aromatic heterocycles. The first kappa shape index (κ1) is 18.1. The Morgan fingerprint density at radius 1 is 1.16 bits per heavy atom. The van der Waals surface area contributed by atoms with Gasteiger partial charge >= 0.3 is 0 Å². The van der Waals surface area contributed by atoms with Gasteiger partial charge in [-0.15, -0.1) is 21.5 Å². The molecule has 0 saturated heterocycles. The molecular formula is C16H16ClN3O3S2. The second kappa shape index (κ2) is 7.25. The Balaban J connectivity index is 1.87. The zero-order valence-electron chi connectivity index (χ0n) is 13.6. The smallest absolute Gasteiger partial charge is 0.253 e. The number of hydrogen-bond acceptors (Lipinski definition) is 6. The van der Waals surface area contributed by atoms with E-state index in [-0.39, 0.29) is 22.7 Å². The first-order valence-electron chi connectivity index (χ1n) is 7.53. The molecule has 0 amide bonds. The maximum Gasteiger partial charge on any atom is 0.253 e. The van der Waals surface area contributed by atoms with Gasteiger partial charge in [0.1, 0.15) is 4.21 Å². The van der Waals surface area contributed by atoms with Gasteiger partial charge in [-0.25, -0.2) is 8.42 Å². The molecule has 1 aromatic carbocycles. The van der Waals surface area contributed by atoms with Crippen molar-refractivity contribution in [3.8, 4) is 11.5 Å². The SMILES string of the molecule is CC(C)N(Cc1nnc(-c2ccccc2)o1)S(=O)(=O)c1ccc(Cl)s1. The van der Waals surface area contributed by atoms with Gasteiger partial charge in [-0.3, -0.25) is 0 Å². The van der Waals surface area contributed by atoms with Gasteiger partial charge in [0, 0.05) is 11.6 Å². The summed E-state index contributed by atoms with van der Waals surface area (Å²) < 4.78 is 33.3. The van der Waals surface area contributed by atoms with Crippen LogP contribution in [0.4, 0.5) is 0 Å². The summed E-state index contributed by atoms with van der Waals surface area (Å²) in [7, 11) is -3.69. The minimum atomic E-state index is -3.69. The highest BCUT2D eigenvalue weighted by Crippen LogP contribution is 2.30. The highest BCUT2D eigenvalue weighted by atomic mass is 35.5. The van der Waals surface area contributed by atoms with Gasteiger partial charge < -0.3 is 4.42 Å². The highest BCUT2D eigenvalue weighted by Gasteiger charge is 2.30. The van der Waals surface area contributed by atoms with E-state index in [1.807, 2.05) is 30.3 Å². The lowest BCUT2D eigenvalue weighted by Crippen LogP contribution is -2.36. The Morgan fingerprint density at radius 3 is 2.48 bits per heavy atom. The summed E-state index contributed by atoms with van der Waals surface area (Å²) in [5, 5.41) is 7.98. The standard InChI is InChI=1S/C16H16ClN3O3S2/c1-11(2)20(25(21,22)15-9-8-13(17)24-15)10-14-18-19-16(23-14)12-6-4-3-5-7-12/h3-9,11H,10H2,1-2H3. The zero-order valence-corrected chi connectivity index (χ0v) is 16.0. The van der Waals surface area contributed by atoms with E-state index in [1.165, 1.54) is 10.4 Å². The molecule has 0 aliphatic rings. The molecule has 0 unspecified atom stereocenters. The van der Waals surface area contributed by atoms with Crippen molar-refractivity contribution < 1.29 is 12.8 Å². The number of nitrogens with zero attached hydrogens (tertiary/aromatic N) is 3. The molecule has 6 nitrogen and oxygen atoms in total. The van der Waals surface area contributed by atoms with E-state index in [2.05, 4.69) is 10.2 Å². The zero-order chi connectivity index (χ0) is 18.0. The second-order valence-corrected chi connectivity index (χ2v) is 9.40. The first-order valence-corrected chi connectivity index (χ1v) is 10.2. The van der Waals surface area contributed by atoms with Crippen molar-refractivity contribution >= 4 is 33.0 Å². The molecule has 0 bridgehead atoms. The van der Waals surface area contributed by atoms with Gasteiger partial charge in [-0.2, -0.15) is 4.31 Å². The summed E-state index contributed by atoms with van der Waals surface area (Å²) in [6.07, 6.45) is 0. The van der Waals surface area contributed by atoms with Crippen LogP contribution in [0.15, 0.2) is 51.1 Å². The van der Waals surface area contributed by atoms with Crippen LogP contribution in [0.5, 0.6) is 0 Å². The molecule has 0 spiro atoms. The average Bonchev–Trinajstić information content (AvgIpc) is 3.22. The molecule has 132 valence electrons. The Morgan fingerprint density at radius 2 is 1.88 bits per heavy atom. The van der Waals surface area contributed by atoms with Crippen LogP contribution in [0.2, 0.25) is 4.34 Å². The van der Waals surface area contributed by atoms with Crippen LogP contribution in [-0.2, 0) is 16.6 Å². The monoisotopic (exact) mass is 397 g/mol. The van der Waals surface area contributed by atoms with Crippen molar-refractivity contribution in [3.63, 3.8) is 0 Å². The van der Waals surface area contributed by atoms with Crippen LogP contribution in [0.25, 0.3) is 11.5 Å². The van der Waals surface area contributed by atoms with Crippen LogP contribution in [-0.4, -0.2) is 29.0 Å². The third-order valence-electron chi connectivity index (χ3n) is 3.47. The molecule has 3 rings (SSSR count). The van der Waals surface area contributed by atoms with Crippen molar-refractivity contribution in [3.05, 3.63) is 52.7 Å². The number of aromatic nitrogens is 2. The molecule has 9 heteroatoms. The van der Waals surface area contributed by atoms with Crippen molar-refractivity contribution in [2.24, 2.45) is 0 Å². The fourth-order valence-electron chi connectivity index (χ4n) is 2.25. The molecule has 3 aromatic rings. The molecule has 0 fully saturated rings. The Bertz CT molecular complexity index is 952. The third-order valence-corrected chi connectivity index (χ3v) is 7.19. The van der Waals surface area contributed by atoms with Crippen molar-refractivity contribution in [1.29, 1.82) is 0 Å². The average molecular weight is 398 g/mol. The molecule has 25 heavy (non-hydrogen) atoms. The lowest BCUT2D eigenvalue weighted by atomic mass is 10.2. The normalized spacial score (nSPS) is 12.2. The van der Waals surface area contributed by atoms with Gasteiger partial charge in [-0.05, 0) is 38.1 Å². The van der Waals surface area contributed by atoms with E-state index in [0.29, 0.717) is 10.2 Å². The van der Waals surface area contributed by atoms with Crippen molar-refractivity contribution in [2.75, 3.05) is 0 Å². The minimum absolute atomic E-state index is 0.00461. The van der Waals surface area contributed by atoms with Crippen LogP contribution in [0.1, 0.15) is 19.7 Å². The van der Waals surface area contributed by atoms with Gasteiger partial charge in [0.25, 0.3) is 10.0 Å². The quantitative estimate of drug-likeness (QED) is 0.627. The van der Waals surface area contributed by atoms with Crippen molar-refractivity contribution in [2.45, 2.75) is 30.6 Å². The van der Waals surface area contributed by atoms with Gasteiger partial charge in [-0.1, -0.05) is 29.8 Å². The molecule has 0 N–H and O–H groups in total. The maximum absolute atomic E-state index is 12.9. The summed E-state index contributed by atoms with van der Waals surface area (Å²) in [5.74, 6) is 0.592. The van der Waals surface area contributed by atoms with E-state index in [4.69, 9.17) is 16.0 Å². The Kier molecular flexibility index (Phi) is 5.24. The largest absolute Gasteiger partial charge is 0.419 e. The summed E-state index contributed by atoms with van der Waals surface area (Å²) in [5.41, 5.74) is 0.783. The molecule has 0 atom stereocenters. The molecule has 0 aliphatic carbocycles. The number of rotatable bonds is 6. The predicted molar refractivity (Wildman–Crippen MR) is 96.9 cm³/mol. The second-order valence-electron chi connectivity index (χ2n) is 5.57. The van der Waals surface area contributed by atoms with E-state index < -0.39 is 10.0 Å². The molecule has 0 radical (unpaired) electrons. The van der Waals surface area contributed by atoms with Crippen LogP contribution in [0.3, 0.4) is 0 Å². The lowest BCUT2D eigenvalue weighted by Gasteiger charge is -2.23. The first-order chi connectivity index (χ1) is 11.9. The number of hydrogen-bond donors (Lipinski definition) is 0. The van der Waals surface area contributed by atoms with Crippen LogP contribution in [0, 0.1) is 0 Å². The number of thiophene rings is 1. The number of sulfonamides is 1. The van der Waals surface area contributed by atoms with Crippen LogP contribution < -0.4 is 0 Å². The summed E-state index contributed by atoms with van der Waals surface area (Å²) in [6, 6.07) is 12.1. The summed E-state index contributed by atoms with van der Waals surface area (Å²) >= 11 is 6.90. The van der Waals surface area contributed by atoms with Gasteiger partial charge in [0.15, 0.2) is 0 Å². The Labute approximate surface area is 155 Å². The summed E-state index contributed by atoms with van der Waals surface area (Å²) in [6.45, 7) is 3.58.